The molecule has 1 rings (SSSR count). The van der Waals surface area contributed by atoms with Crippen molar-refractivity contribution in [3.8, 4) is 0 Å². The summed E-state index contributed by atoms with van der Waals surface area (Å²) >= 11 is 3.79. The number of carbonyl (C=O) groups is 1. The van der Waals surface area contributed by atoms with Gasteiger partial charge in [0.05, 0.1) is 0 Å². The van der Waals surface area contributed by atoms with Gasteiger partial charge in [-0.05, 0) is 12.8 Å². The van der Waals surface area contributed by atoms with Crippen molar-refractivity contribution in [2.24, 2.45) is 0 Å². The highest BCUT2D eigenvalue weighted by atomic mass is 33.1. The largest absolute Gasteiger partial charge is 0.381 e. The van der Waals surface area contributed by atoms with E-state index in [0.29, 0.717) is 0 Å². The standard InChI is InChI=1S/C6H11NO2S2/c8-6(11-10)7-5-1-3-9-4-2-5/h5,10H,1-4H2,(H,7,8). The first-order valence-corrected chi connectivity index (χ1v) is 5.39. The minimum atomic E-state index is -0.0692. The summed E-state index contributed by atoms with van der Waals surface area (Å²) in [7, 11) is 0.922. The average Bonchev–Trinajstić information content (AvgIpc) is 2.06. The van der Waals surface area contributed by atoms with Crippen molar-refractivity contribution in [3.05, 3.63) is 0 Å². The van der Waals surface area contributed by atoms with E-state index in [1.165, 1.54) is 0 Å². The van der Waals surface area contributed by atoms with Crippen molar-refractivity contribution in [2.75, 3.05) is 13.2 Å². The van der Waals surface area contributed by atoms with E-state index >= 15 is 0 Å². The van der Waals surface area contributed by atoms with Gasteiger partial charge in [-0.25, -0.2) is 0 Å². The molecule has 0 radical (unpaired) electrons. The molecule has 0 saturated carbocycles. The fraction of sp³-hybridized carbons (Fsp3) is 0.833. The molecule has 3 nitrogen and oxygen atoms in total. The van der Waals surface area contributed by atoms with E-state index in [0.717, 1.165) is 36.8 Å². The molecule has 0 bridgehead atoms. The van der Waals surface area contributed by atoms with Crippen LogP contribution >= 0.6 is 22.5 Å². The minimum Gasteiger partial charge on any atom is -0.381 e. The molecule has 5 heteroatoms. The lowest BCUT2D eigenvalue weighted by Crippen LogP contribution is -2.36. The molecule has 1 saturated heterocycles. The zero-order valence-electron chi connectivity index (χ0n) is 6.08. The summed E-state index contributed by atoms with van der Waals surface area (Å²) in [6.07, 6.45) is 1.83. The normalized spacial score (nSPS) is 19.7. The molecule has 1 heterocycles. The first kappa shape index (κ1) is 9.22. The molecular formula is C6H11NO2S2. The molecule has 0 atom stereocenters. The predicted molar refractivity (Wildman–Crippen MR) is 48.9 cm³/mol. The minimum absolute atomic E-state index is 0.0692. The number of carbonyl (C=O) groups excluding carboxylic acids is 1. The molecule has 1 aliphatic heterocycles. The molecule has 1 amide bonds. The molecule has 0 aromatic rings. The Kier molecular flexibility index (Phi) is 4.11. The Morgan fingerprint density at radius 2 is 2.18 bits per heavy atom. The van der Waals surface area contributed by atoms with Crippen LogP contribution in [0.25, 0.3) is 0 Å². The van der Waals surface area contributed by atoms with Gasteiger partial charge >= 0.3 is 0 Å². The van der Waals surface area contributed by atoms with Crippen LogP contribution in [0.4, 0.5) is 4.79 Å². The van der Waals surface area contributed by atoms with Crippen LogP contribution in [0, 0.1) is 0 Å². The van der Waals surface area contributed by atoms with Gasteiger partial charge in [-0.3, -0.25) is 4.79 Å². The van der Waals surface area contributed by atoms with E-state index in [4.69, 9.17) is 4.74 Å². The molecule has 64 valence electrons. The summed E-state index contributed by atoms with van der Waals surface area (Å²) in [5.74, 6) is 0. The highest BCUT2D eigenvalue weighted by Gasteiger charge is 2.15. The van der Waals surface area contributed by atoms with Crippen molar-refractivity contribution in [2.45, 2.75) is 18.9 Å². The van der Waals surface area contributed by atoms with Gasteiger partial charge in [0.15, 0.2) is 0 Å². The molecule has 0 aliphatic carbocycles. The van der Waals surface area contributed by atoms with Crippen molar-refractivity contribution >= 4 is 27.7 Å². The highest BCUT2D eigenvalue weighted by molar-refractivity contribution is 8.74. The first-order chi connectivity index (χ1) is 5.33. The third-order valence-electron chi connectivity index (χ3n) is 1.63. The SMILES string of the molecule is O=C(NC1CCOCC1)SS. The zero-order valence-corrected chi connectivity index (χ0v) is 7.79. The number of amides is 1. The third kappa shape index (κ3) is 3.35. The topological polar surface area (TPSA) is 38.3 Å². The quantitative estimate of drug-likeness (QED) is 0.489. The lowest BCUT2D eigenvalue weighted by Gasteiger charge is -2.22. The van der Waals surface area contributed by atoms with E-state index in [-0.39, 0.29) is 11.3 Å². The van der Waals surface area contributed by atoms with Crippen LogP contribution in [-0.4, -0.2) is 24.5 Å². The Bertz CT molecular complexity index is 137. The monoisotopic (exact) mass is 193 g/mol. The summed E-state index contributed by atoms with van der Waals surface area (Å²) < 4.78 is 5.14. The summed E-state index contributed by atoms with van der Waals surface area (Å²) in [4.78, 5) is 10.8. The number of nitrogens with one attached hydrogen (secondary N) is 1. The molecule has 0 aromatic carbocycles. The van der Waals surface area contributed by atoms with Crippen molar-refractivity contribution < 1.29 is 9.53 Å². The van der Waals surface area contributed by atoms with Crippen LogP contribution in [0.1, 0.15) is 12.8 Å². The van der Waals surface area contributed by atoms with E-state index < -0.39 is 0 Å². The van der Waals surface area contributed by atoms with Crippen LogP contribution in [0.3, 0.4) is 0 Å². The highest BCUT2D eigenvalue weighted by Crippen LogP contribution is 2.11. The maximum absolute atomic E-state index is 10.8. The van der Waals surface area contributed by atoms with E-state index in [1.54, 1.807) is 0 Å². The number of hydrogen-bond donors (Lipinski definition) is 2. The van der Waals surface area contributed by atoms with Gasteiger partial charge in [0.1, 0.15) is 0 Å². The van der Waals surface area contributed by atoms with E-state index in [9.17, 15) is 4.79 Å². The first-order valence-electron chi connectivity index (χ1n) is 3.52. The summed E-state index contributed by atoms with van der Waals surface area (Å²) in [5.41, 5.74) is 0. The number of rotatable bonds is 1. The molecule has 0 aromatic heterocycles. The molecular weight excluding hydrogens is 182 g/mol. The second-order valence-corrected chi connectivity index (χ2v) is 3.51. The molecule has 0 spiro atoms. The Morgan fingerprint density at radius 3 is 2.73 bits per heavy atom. The van der Waals surface area contributed by atoms with Gasteiger partial charge in [-0.15, -0.1) is 11.7 Å². The van der Waals surface area contributed by atoms with Crippen LogP contribution in [0.15, 0.2) is 0 Å². The summed E-state index contributed by atoms with van der Waals surface area (Å²) in [5, 5.41) is 2.77. The van der Waals surface area contributed by atoms with Gasteiger partial charge in [0.2, 0.25) is 0 Å². The molecule has 1 N–H and O–H groups in total. The molecule has 1 aliphatic rings. The second kappa shape index (κ2) is 4.90. The van der Waals surface area contributed by atoms with Gasteiger partial charge in [0.25, 0.3) is 5.24 Å². The fourth-order valence-electron chi connectivity index (χ4n) is 1.03. The maximum Gasteiger partial charge on any atom is 0.289 e. The number of hydrogen-bond acceptors (Lipinski definition) is 4. The number of ether oxygens (including phenoxy) is 1. The Hall–Kier alpha value is 0.130. The Morgan fingerprint density at radius 1 is 1.55 bits per heavy atom. The van der Waals surface area contributed by atoms with E-state index in [2.05, 4.69) is 17.0 Å². The lowest BCUT2D eigenvalue weighted by molar-refractivity contribution is 0.0811. The van der Waals surface area contributed by atoms with Crippen LogP contribution in [-0.2, 0) is 4.74 Å². The average molecular weight is 193 g/mol. The maximum atomic E-state index is 10.8. The van der Waals surface area contributed by atoms with Crippen LogP contribution in [0.5, 0.6) is 0 Å². The third-order valence-corrected chi connectivity index (χ3v) is 2.41. The molecule has 11 heavy (non-hydrogen) atoms. The predicted octanol–water partition coefficient (Wildman–Crippen LogP) is 1.45. The van der Waals surface area contributed by atoms with Gasteiger partial charge < -0.3 is 10.1 Å². The molecule has 0 unspecified atom stereocenters. The van der Waals surface area contributed by atoms with Crippen LogP contribution in [0.2, 0.25) is 0 Å². The van der Waals surface area contributed by atoms with Gasteiger partial charge in [-0.1, -0.05) is 0 Å². The van der Waals surface area contributed by atoms with E-state index in [1.807, 2.05) is 0 Å². The zero-order chi connectivity index (χ0) is 8.10. The van der Waals surface area contributed by atoms with Gasteiger partial charge in [0, 0.05) is 30.0 Å². The smallest absolute Gasteiger partial charge is 0.289 e. The van der Waals surface area contributed by atoms with Crippen molar-refractivity contribution in [3.63, 3.8) is 0 Å². The van der Waals surface area contributed by atoms with Crippen molar-refractivity contribution in [1.82, 2.24) is 5.32 Å². The van der Waals surface area contributed by atoms with Crippen molar-refractivity contribution in [1.29, 1.82) is 0 Å². The Balaban J connectivity index is 2.19. The van der Waals surface area contributed by atoms with Crippen LogP contribution < -0.4 is 5.32 Å². The lowest BCUT2D eigenvalue weighted by atomic mass is 10.1. The van der Waals surface area contributed by atoms with Gasteiger partial charge in [-0.2, -0.15) is 0 Å². The second-order valence-electron chi connectivity index (χ2n) is 2.41. The summed E-state index contributed by atoms with van der Waals surface area (Å²) in [6, 6.07) is 0.288. The molecule has 1 fully saturated rings. The number of thiol groups is 1. The summed E-state index contributed by atoms with van der Waals surface area (Å²) in [6.45, 7) is 1.50. The Labute approximate surface area is 75.1 Å². The fourth-order valence-corrected chi connectivity index (χ4v) is 1.41.